The van der Waals surface area contributed by atoms with Crippen LogP contribution in [0.3, 0.4) is 0 Å². The van der Waals surface area contributed by atoms with Crippen LogP contribution < -0.4 is 10.6 Å². The third-order valence-electron chi connectivity index (χ3n) is 2.98. The number of guanidine groups is 1. The molecular weight excluding hydrogens is 333 g/mol. The van der Waals surface area contributed by atoms with E-state index in [-0.39, 0.29) is 24.6 Å². The highest BCUT2D eigenvalue weighted by Crippen LogP contribution is 2.29. The fourth-order valence-corrected chi connectivity index (χ4v) is 1.68. The van der Waals surface area contributed by atoms with Crippen molar-refractivity contribution in [3.05, 3.63) is 35.4 Å². The summed E-state index contributed by atoms with van der Waals surface area (Å²) in [6.07, 6.45) is -4.39. The van der Waals surface area contributed by atoms with Crippen LogP contribution in [0.15, 0.2) is 29.3 Å². The molecule has 1 amide bonds. The van der Waals surface area contributed by atoms with Gasteiger partial charge in [0.1, 0.15) is 6.54 Å². The summed E-state index contributed by atoms with van der Waals surface area (Å²) in [7, 11) is 3.28. The molecule has 0 aliphatic heterocycles. The fourth-order valence-electron chi connectivity index (χ4n) is 1.68. The van der Waals surface area contributed by atoms with Crippen LogP contribution in [0, 0.1) is 11.8 Å². The lowest BCUT2D eigenvalue weighted by atomic mass is 10.1. The number of nitrogens with zero attached hydrogens (tertiary/aromatic N) is 2. The molecule has 0 fully saturated rings. The highest BCUT2D eigenvalue weighted by molar-refractivity contribution is 5.84. The summed E-state index contributed by atoms with van der Waals surface area (Å²) in [4.78, 5) is 17.1. The van der Waals surface area contributed by atoms with Crippen LogP contribution in [-0.4, -0.2) is 50.5 Å². The summed E-state index contributed by atoms with van der Waals surface area (Å²) in [5, 5.41) is 5.86. The molecule has 0 saturated heterocycles. The molecule has 136 valence electrons. The van der Waals surface area contributed by atoms with Crippen LogP contribution in [0.1, 0.15) is 18.1 Å². The van der Waals surface area contributed by atoms with Gasteiger partial charge in [0.15, 0.2) is 5.96 Å². The first-order chi connectivity index (χ1) is 11.7. The lowest BCUT2D eigenvalue weighted by Crippen LogP contribution is -2.38. The number of benzene rings is 1. The van der Waals surface area contributed by atoms with Gasteiger partial charge in [0.25, 0.3) is 0 Å². The maximum absolute atomic E-state index is 12.6. The molecule has 8 heteroatoms. The van der Waals surface area contributed by atoms with Crippen molar-refractivity contribution in [2.75, 3.05) is 33.7 Å². The van der Waals surface area contributed by atoms with Crippen LogP contribution in [-0.2, 0) is 11.0 Å². The van der Waals surface area contributed by atoms with Gasteiger partial charge in [0, 0.05) is 26.2 Å². The van der Waals surface area contributed by atoms with E-state index in [4.69, 9.17) is 0 Å². The number of carbonyl (C=O) groups excluding carboxylic acids is 1. The first kappa shape index (κ1) is 20.4. The van der Waals surface area contributed by atoms with Crippen molar-refractivity contribution >= 4 is 11.9 Å². The summed E-state index contributed by atoms with van der Waals surface area (Å²) in [5.41, 5.74) is -0.453. The Hall–Kier alpha value is -2.69. The van der Waals surface area contributed by atoms with E-state index in [0.29, 0.717) is 12.5 Å². The normalized spacial score (nSPS) is 11.4. The number of alkyl halides is 3. The number of rotatable bonds is 4. The molecule has 25 heavy (non-hydrogen) atoms. The largest absolute Gasteiger partial charge is 0.416 e. The summed E-state index contributed by atoms with van der Waals surface area (Å²) in [6, 6.07) is 4.83. The Kier molecular flexibility index (Phi) is 7.79. The number of halogens is 3. The Bertz CT molecular complexity index is 672. The summed E-state index contributed by atoms with van der Waals surface area (Å²) >= 11 is 0. The van der Waals surface area contributed by atoms with Gasteiger partial charge in [0.2, 0.25) is 5.91 Å². The van der Waals surface area contributed by atoms with E-state index in [2.05, 4.69) is 27.5 Å². The average Bonchev–Trinajstić information content (AvgIpc) is 2.55. The maximum Gasteiger partial charge on any atom is 0.416 e. The van der Waals surface area contributed by atoms with E-state index in [1.807, 2.05) is 6.92 Å². The molecule has 0 saturated carbocycles. The molecule has 0 unspecified atom stereocenters. The smallest absolute Gasteiger partial charge is 0.357 e. The molecule has 1 rings (SSSR count). The molecule has 0 bridgehead atoms. The second-order valence-corrected chi connectivity index (χ2v) is 5.22. The number of carbonyl (C=O) groups is 1. The van der Waals surface area contributed by atoms with Crippen LogP contribution in [0.25, 0.3) is 0 Å². The van der Waals surface area contributed by atoms with Gasteiger partial charge in [-0.05, 0) is 25.1 Å². The molecule has 0 heterocycles. The van der Waals surface area contributed by atoms with Crippen molar-refractivity contribution in [3.8, 4) is 11.8 Å². The number of likely N-dealkylation sites (N-methyl/N-ethyl adjacent to an activating group) is 1. The third kappa shape index (κ3) is 7.61. The van der Waals surface area contributed by atoms with E-state index in [1.54, 1.807) is 14.1 Å². The van der Waals surface area contributed by atoms with Crippen molar-refractivity contribution in [2.45, 2.75) is 13.1 Å². The zero-order valence-corrected chi connectivity index (χ0v) is 14.4. The van der Waals surface area contributed by atoms with E-state index in [9.17, 15) is 18.0 Å². The maximum atomic E-state index is 12.6. The fraction of sp³-hybridized carbons (Fsp3) is 0.412. The Morgan fingerprint density at radius 2 is 2.00 bits per heavy atom. The highest BCUT2D eigenvalue weighted by Gasteiger charge is 2.30. The first-order valence-electron chi connectivity index (χ1n) is 7.62. The summed E-state index contributed by atoms with van der Waals surface area (Å²) in [6.45, 7) is 2.64. The predicted molar refractivity (Wildman–Crippen MR) is 91.0 cm³/mol. The monoisotopic (exact) mass is 354 g/mol. The van der Waals surface area contributed by atoms with Crippen LogP contribution >= 0.6 is 0 Å². The zero-order chi connectivity index (χ0) is 18.9. The second-order valence-electron chi connectivity index (χ2n) is 5.22. The van der Waals surface area contributed by atoms with Gasteiger partial charge in [-0.15, -0.1) is 0 Å². The van der Waals surface area contributed by atoms with Gasteiger partial charge in [-0.1, -0.05) is 17.9 Å². The predicted octanol–water partition coefficient (Wildman–Crippen LogP) is 1.70. The second kappa shape index (κ2) is 9.57. The summed E-state index contributed by atoms with van der Waals surface area (Å²) in [5.74, 6) is 5.67. The van der Waals surface area contributed by atoms with Gasteiger partial charge >= 0.3 is 6.18 Å². The molecule has 0 aliphatic carbocycles. The number of aliphatic imine (C=N–C) groups is 1. The molecule has 0 atom stereocenters. The quantitative estimate of drug-likeness (QED) is 0.492. The Labute approximate surface area is 145 Å². The number of nitrogens with one attached hydrogen (secondary N) is 2. The molecule has 0 aromatic heterocycles. The SMILES string of the molecule is CCNC(=NCC(=O)N(C)C)NCC#Cc1cccc(C(F)(F)F)c1. The third-order valence-corrected chi connectivity index (χ3v) is 2.98. The van der Waals surface area contributed by atoms with Crippen LogP contribution in [0.4, 0.5) is 13.2 Å². The standard InChI is InChI=1S/C17H21F3N4O/c1-4-21-16(23-12-15(25)24(2)3)22-10-6-8-13-7-5-9-14(11-13)17(18,19)20/h5,7,9,11H,4,10,12H2,1-3H3,(H2,21,22,23). The van der Waals surface area contributed by atoms with E-state index in [1.165, 1.54) is 17.0 Å². The van der Waals surface area contributed by atoms with Crippen molar-refractivity contribution in [1.29, 1.82) is 0 Å². The lowest BCUT2D eigenvalue weighted by Gasteiger charge is -2.11. The molecule has 1 aromatic carbocycles. The molecule has 0 aliphatic rings. The number of hydrogen-bond donors (Lipinski definition) is 2. The summed E-state index contributed by atoms with van der Waals surface area (Å²) < 4.78 is 37.9. The van der Waals surface area contributed by atoms with Gasteiger partial charge in [-0.3, -0.25) is 4.79 Å². The molecule has 0 spiro atoms. The van der Waals surface area contributed by atoms with E-state index >= 15 is 0 Å². The van der Waals surface area contributed by atoms with E-state index in [0.717, 1.165) is 12.1 Å². The Morgan fingerprint density at radius 1 is 1.28 bits per heavy atom. The minimum atomic E-state index is -4.39. The molecule has 2 N–H and O–H groups in total. The molecule has 5 nitrogen and oxygen atoms in total. The number of hydrogen-bond acceptors (Lipinski definition) is 2. The van der Waals surface area contributed by atoms with E-state index < -0.39 is 11.7 Å². The molecule has 1 aromatic rings. The molecular formula is C17H21F3N4O. The van der Waals surface area contributed by atoms with Crippen molar-refractivity contribution in [1.82, 2.24) is 15.5 Å². The Morgan fingerprint density at radius 3 is 2.60 bits per heavy atom. The molecule has 0 radical (unpaired) electrons. The zero-order valence-electron chi connectivity index (χ0n) is 14.4. The van der Waals surface area contributed by atoms with Gasteiger partial charge in [0.05, 0.1) is 12.1 Å². The lowest BCUT2D eigenvalue weighted by molar-refractivity contribution is -0.137. The van der Waals surface area contributed by atoms with Crippen molar-refractivity contribution in [3.63, 3.8) is 0 Å². The topological polar surface area (TPSA) is 56.7 Å². The average molecular weight is 354 g/mol. The number of amides is 1. The van der Waals surface area contributed by atoms with Crippen molar-refractivity contribution in [2.24, 2.45) is 4.99 Å². The Balaban J connectivity index is 2.67. The first-order valence-corrected chi connectivity index (χ1v) is 7.62. The van der Waals surface area contributed by atoms with Crippen LogP contribution in [0.5, 0.6) is 0 Å². The van der Waals surface area contributed by atoms with Crippen molar-refractivity contribution < 1.29 is 18.0 Å². The highest BCUT2D eigenvalue weighted by atomic mass is 19.4. The van der Waals surface area contributed by atoms with Gasteiger partial charge in [-0.25, -0.2) is 4.99 Å². The minimum absolute atomic E-state index is 0.0105. The minimum Gasteiger partial charge on any atom is -0.357 e. The van der Waals surface area contributed by atoms with Gasteiger partial charge < -0.3 is 15.5 Å². The van der Waals surface area contributed by atoms with Gasteiger partial charge in [-0.2, -0.15) is 13.2 Å². The van der Waals surface area contributed by atoms with Crippen LogP contribution in [0.2, 0.25) is 0 Å².